The van der Waals surface area contributed by atoms with Crippen molar-refractivity contribution < 1.29 is 9.53 Å². The summed E-state index contributed by atoms with van der Waals surface area (Å²) in [5, 5.41) is 0. The van der Waals surface area contributed by atoms with Crippen molar-refractivity contribution in [1.82, 2.24) is 0 Å². The summed E-state index contributed by atoms with van der Waals surface area (Å²) in [6.07, 6.45) is 3.86. The third kappa shape index (κ3) is 5.09. The number of allylic oxidation sites excluding steroid dienone is 2. The van der Waals surface area contributed by atoms with E-state index in [9.17, 15) is 4.79 Å². The van der Waals surface area contributed by atoms with Gasteiger partial charge in [0.1, 0.15) is 0 Å². The molecule has 56 valence electrons. The predicted octanol–water partition coefficient (Wildman–Crippen LogP) is 1.68. The van der Waals surface area contributed by atoms with Gasteiger partial charge in [0, 0.05) is 6.08 Å². The molecule has 0 heterocycles. The molecule has 0 atom stereocenters. The number of methoxy groups -OCH3 is 1. The lowest BCUT2D eigenvalue weighted by Crippen LogP contribution is -1.93. The first-order valence-electron chi connectivity index (χ1n) is 3.05. The van der Waals surface area contributed by atoms with Crippen LogP contribution in [0.3, 0.4) is 0 Å². The van der Waals surface area contributed by atoms with Crippen LogP contribution in [0.5, 0.6) is 0 Å². The van der Waals surface area contributed by atoms with Crippen molar-refractivity contribution in [2.45, 2.75) is 13.3 Å². The molecule has 0 aliphatic carbocycles. The molecule has 0 bridgehead atoms. The highest BCUT2D eigenvalue weighted by Crippen LogP contribution is 1.95. The average molecular weight is 140 g/mol. The molecular formula is C8H12O2. The van der Waals surface area contributed by atoms with Crippen LogP contribution in [0.2, 0.25) is 0 Å². The zero-order valence-electron chi connectivity index (χ0n) is 6.39. The molecule has 0 aliphatic rings. The largest absolute Gasteiger partial charge is 0.466 e. The van der Waals surface area contributed by atoms with E-state index in [0.29, 0.717) is 0 Å². The third-order valence-electron chi connectivity index (χ3n) is 0.921. The van der Waals surface area contributed by atoms with Gasteiger partial charge in [-0.25, -0.2) is 4.79 Å². The van der Waals surface area contributed by atoms with E-state index >= 15 is 0 Å². The zero-order valence-corrected chi connectivity index (χ0v) is 6.39. The van der Waals surface area contributed by atoms with Crippen molar-refractivity contribution in [1.29, 1.82) is 0 Å². The van der Waals surface area contributed by atoms with Gasteiger partial charge >= 0.3 is 5.97 Å². The SMILES string of the molecule is C=C(C)CC=CC(=O)OC. The van der Waals surface area contributed by atoms with Crippen LogP contribution >= 0.6 is 0 Å². The molecule has 0 rings (SSSR count). The standard InChI is InChI=1S/C8H12O2/c1-7(2)5-4-6-8(9)10-3/h4,6H,1,5H2,2-3H3. The van der Waals surface area contributed by atoms with E-state index in [4.69, 9.17) is 0 Å². The first-order chi connectivity index (χ1) is 4.66. The lowest BCUT2D eigenvalue weighted by atomic mass is 10.2. The van der Waals surface area contributed by atoms with E-state index in [0.717, 1.165) is 12.0 Å². The highest BCUT2D eigenvalue weighted by molar-refractivity contribution is 5.81. The maximum atomic E-state index is 10.5. The number of hydrogen-bond acceptors (Lipinski definition) is 2. The van der Waals surface area contributed by atoms with Crippen LogP contribution in [0.1, 0.15) is 13.3 Å². The number of hydrogen-bond donors (Lipinski definition) is 0. The molecular weight excluding hydrogens is 128 g/mol. The Bertz CT molecular complexity index is 157. The molecule has 2 heteroatoms. The monoisotopic (exact) mass is 140 g/mol. The maximum absolute atomic E-state index is 10.5. The van der Waals surface area contributed by atoms with Gasteiger partial charge in [-0.05, 0) is 13.3 Å². The smallest absolute Gasteiger partial charge is 0.330 e. The summed E-state index contributed by atoms with van der Waals surface area (Å²) in [6, 6.07) is 0. The van der Waals surface area contributed by atoms with Gasteiger partial charge < -0.3 is 4.74 Å². The van der Waals surface area contributed by atoms with Crippen LogP contribution in [0.4, 0.5) is 0 Å². The van der Waals surface area contributed by atoms with Crippen LogP contribution in [0.25, 0.3) is 0 Å². The second-order valence-corrected chi connectivity index (χ2v) is 2.09. The van der Waals surface area contributed by atoms with Gasteiger partial charge in [0.25, 0.3) is 0 Å². The van der Waals surface area contributed by atoms with E-state index in [1.165, 1.54) is 13.2 Å². The van der Waals surface area contributed by atoms with Crippen molar-refractivity contribution in [3.05, 3.63) is 24.3 Å². The maximum Gasteiger partial charge on any atom is 0.330 e. The second kappa shape index (κ2) is 4.79. The molecule has 0 saturated heterocycles. The highest BCUT2D eigenvalue weighted by Gasteiger charge is 1.88. The lowest BCUT2D eigenvalue weighted by molar-refractivity contribution is -0.134. The molecule has 0 aromatic carbocycles. The third-order valence-corrected chi connectivity index (χ3v) is 0.921. The summed E-state index contributed by atoms with van der Waals surface area (Å²) in [5.74, 6) is -0.318. The topological polar surface area (TPSA) is 26.3 Å². The van der Waals surface area contributed by atoms with Crippen molar-refractivity contribution in [2.75, 3.05) is 7.11 Å². The Morgan fingerprint density at radius 2 is 2.30 bits per heavy atom. The number of rotatable bonds is 3. The van der Waals surface area contributed by atoms with Crippen LogP contribution in [-0.4, -0.2) is 13.1 Å². The Balaban J connectivity index is 3.56. The predicted molar refractivity (Wildman–Crippen MR) is 40.6 cm³/mol. The Hall–Kier alpha value is -1.05. The molecule has 0 saturated carbocycles. The molecule has 0 unspecified atom stereocenters. The summed E-state index contributed by atoms with van der Waals surface area (Å²) < 4.78 is 4.38. The molecule has 0 fully saturated rings. The molecule has 0 spiro atoms. The van der Waals surface area contributed by atoms with Gasteiger partial charge in [0.05, 0.1) is 7.11 Å². The normalized spacial score (nSPS) is 9.80. The fourth-order valence-corrected chi connectivity index (χ4v) is 0.424. The van der Waals surface area contributed by atoms with Crippen molar-refractivity contribution >= 4 is 5.97 Å². The Morgan fingerprint density at radius 1 is 1.70 bits per heavy atom. The Kier molecular flexibility index (Phi) is 4.29. The fourth-order valence-electron chi connectivity index (χ4n) is 0.424. The number of carbonyl (C=O) groups is 1. The van der Waals surface area contributed by atoms with E-state index in [1.54, 1.807) is 6.08 Å². The molecule has 0 aromatic heterocycles. The summed E-state index contributed by atoms with van der Waals surface area (Å²) in [5.41, 5.74) is 1.03. The number of esters is 1. The van der Waals surface area contributed by atoms with Crippen molar-refractivity contribution in [3.63, 3.8) is 0 Å². The molecule has 0 N–H and O–H groups in total. The van der Waals surface area contributed by atoms with Gasteiger partial charge in [-0.1, -0.05) is 18.2 Å². The highest BCUT2D eigenvalue weighted by atomic mass is 16.5. The van der Waals surface area contributed by atoms with Gasteiger partial charge in [0.2, 0.25) is 0 Å². The Labute approximate surface area is 61.2 Å². The van der Waals surface area contributed by atoms with Crippen LogP contribution in [-0.2, 0) is 9.53 Å². The average Bonchev–Trinajstić information content (AvgIpc) is 1.87. The zero-order chi connectivity index (χ0) is 7.98. The van der Waals surface area contributed by atoms with E-state index in [1.807, 2.05) is 6.92 Å². The first kappa shape index (κ1) is 8.95. The Morgan fingerprint density at radius 3 is 2.70 bits per heavy atom. The van der Waals surface area contributed by atoms with Crippen molar-refractivity contribution in [2.24, 2.45) is 0 Å². The summed E-state index contributed by atoms with van der Waals surface area (Å²) in [4.78, 5) is 10.5. The van der Waals surface area contributed by atoms with Gasteiger partial charge in [-0.15, -0.1) is 0 Å². The molecule has 0 aliphatic heterocycles. The summed E-state index contributed by atoms with van der Waals surface area (Å²) >= 11 is 0. The molecule has 10 heavy (non-hydrogen) atoms. The van der Waals surface area contributed by atoms with E-state index < -0.39 is 0 Å². The molecule has 2 nitrogen and oxygen atoms in total. The number of carbonyl (C=O) groups excluding carboxylic acids is 1. The second-order valence-electron chi connectivity index (χ2n) is 2.09. The van der Waals surface area contributed by atoms with E-state index in [-0.39, 0.29) is 5.97 Å². The van der Waals surface area contributed by atoms with Crippen LogP contribution < -0.4 is 0 Å². The molecule has 0 amide bonds. The van der Waals surface area contributed by atoms with Gasteiger partial charge in [-0.3, -0.25) is 0 Å². The van der Waals surface area contributed by atoms with Crippen LogP contribution in [0, 0.1) is 0 Å². The van der Waals surface area contributed by atoms with Crippen LogP contribution in [0.15, 0.2) is 24.3 Å². The minimum absolute atomic E-state index is 0.318. The van der Waals surface area contributed by atoms with Crippen molar-refractivity contribution in [3.8, 4) is 0 Å². The lowest BCUT2D eigenvalue weighted by Gasteiger charge is -1.89. The fraction of sp³-hybridized carbons (Fsp3) is 0.375. The van der Waals surface area contributed by atoms with E-state index in [2.05, 4.69) is 11.3 Å². The van der Waals surface area contributed by atoms with Gasteiger partial charge in [0.15, 0.2) is 0 Å². The number of ether oxygens (including phenoxy) is 1. The molecule has 0 radical (unpaired) electrons. The minimum atomic E-state index is -0.318. The minimum Gasteiger partial charge on any atom is -0.466 e. The summed E-state index contributed by atoms with van der Waals surface area (Å²) in [6.45, 7) is 5.58. The quantitative estimate of drug-likeness (QED) is 0.338. The molecule has 0 aromatic rings. The van der Waals surface area contributed by atoms with Gasteiger partial charge in [-0.2, -0.15) is 0 Å². The summed E-state index contributed by atoms with van der Waals surface area (Å²) in [7, 11) is 1.35. The first-order valence-corrected chi connectivity index (χ1v) is 3.05.